The molecule has 0 bridgehead atoms. The first kappa shape index (κ1) is 19.1. The highest BCUT2D eigenvalue weighted by atomic mass is 32.2. The summed E-state index contributed by atoms with van der Waals surface area (Å²) in [7, 11) is -1.79. The lowest BCUT2D eigenvalue weighted by atomic mass is 10.1. The minimum absolute atomic E-state index is 0.109. The van der Waals surface area contributed by atoms with Gasteiger partial charge in [0.1, 0.15) is 0 Å². The van der Waals surface area contributed by atoms with Crippen LogP contribution in [0.15, 0.2) is 30.3 Å². The van der Waals surface area contributed by atoms with E-state index in [0.29, 0.717) is 13.0 Å². The molecule has 128 valence electrons. The molecule has 0 atom stereocenters. The Hall–Kier alpha value is -0.233. The van der Waals surface area contributed by atoms with Crippen LogP contribution in [-0.2, 0) is 4.43 Å². The summed E-state index contributed by atoms with van der Waals surface area (Å²) in [4.78, 5) is 12.7. The first-order valence-electron chi connectivity index (χ1n) is 8.15. The zero-order chi connectivity index (χ0) is 17.1. The SMILES string of the molecule is CC(C)(C)[Si](C)(C)OCC1(CC(=O)c2ccccc2)SCCS1. The molecule has 0 saturated carbocycles. The van der Waals surface area contributed by atoms with Crippen LogP contribution < -0.4 is 0 Å². The molecule has 0 radical (unpaired) electrons. The molecule has 2 rings (SSSR count). The van der Waals surface area contributed by atoms with Crippen LogP contribution in [0.2, 0.25) is 18.1 Å². The van der Waals surface area contributed by atoms with Gasteiger partial charge < -0.3 is 4.43 Å². The van der Waals surface area contributed by atoms with Crippen molar-refractivity contribution in [1.29, 1.82) is 0 Å². The highest BCUT2D eigenvalue weighted by molar-refractivity contribution is 8.21. The summed E-state index contributed by atoms with van der Waals surface area (Å²) in [6.45, 7) is 12.0. The maximum absolute atomic E-state index is 12.7. The van der Waals surface area contributed by atoms with Crippen molar-refractivity contribution in [3.63, 3.8) is 0 Å². The lowest BCUT2D eigenvalue weighted by Gasteiger charge is -2.39. The van der Waals surface area contributed by atoms with Gasteiger partial charge in [0.25, 0.3) is 0 Å². The van der Waals surface area contributed by atoms with Gasteiger partial charge in [-0.25, -0.2) is 0 Å². The quantitative estimate of drug-likeness (QED) is 0.492. The van der Waals surface area contributed by atoms with E-state index in [2.05, 4.69) is 33.9 Å². The van der Waals surface area contributed by atoms with Gasteiger partial charge in [0, 0.05) is 23.5 Å². The van der Waals surface area contributed by atoms with Crippen LogP contribution in [0.25, 0.3) is 0 Å². The van der Waals surface area contributed by atoms with Crippen molar-refractivity contribution < 1.29 is 9.22 Å². The van der Waals surface area contributed by atoms with Gasteiger partial charge in [-0.15, -0.1) is 23.5 Å². The first-order valence-corrected chi connectivity index (χ1v) is 13.0. The second kappa shape index (κ2) is 7.34. The van der Waals surface area contributed by atoms with Crippen molar-refractivity contribution in [2.24, 2.45) is 0 Å². The van der Waals surface area contributed by atoms with Gasteiger partial charge in [0.15, 0.2) is 14.1 Å². The molecule has 0 spiro atoms. The molecule has 23 heavy (non-hydrogen) atoms. The fourth-order valence-corrected chi connectivity index (χ4v) is 6.46. The van der Waals surface area contributed by atoms with Gasteiger partial charge in [-0.2, -0.15) is 0 Å². The summed E-state index contributed by atoms with van der Waals surface area (Å²) in [5.41, 5.74) is 0.812. The molecule has 0 aromatic heterocycles. The smallest absolute Gasteiger partial charge is 0.192 e. The lowest BCUT2D eigenvalue weighted by molar-refractivity contribution is 0.0970. The topological polar surface area (TPSA) is 26.3 Å². The normalized spacial score (nSPS) is 18.1. The second-order valence-corrected chi connectivity index (χ2v) is 15.6. The first-order chi connectivity index (χ1) is 10.7. The minimum atomic E-state index is -1.79. The zero-order valence-corrected chi connectivity index (χ0v) is 17.5. The third kappa shape index (κ3) is 4.88. The van der Waals surface area contributed by atoms with Crippen LogP contribution in [0.4, 0.5) is 0 Å². The van der Waals surface area contributed by atoms with Gasteiger partial charge in [-0.1, -0.05) is 51.1 Å². The minimum Gasteiger partial charge on any atom is -0.415 e. The monoisotopic (exact) mass is 368 g/mol. The molecule has 1 aromatic rings. The Bertz CT molecular complexity index is 532. The third-order valence-corrected chi connectivity index (χ3v) is 12.6. The Labute approximate surface area is 150 Å². The average molecular weight is 369 g/mol. The van der Waals surface area contributed by atoms with Crippen LogP contribution in [0.3, 0.4) is 0 Å². The van der Waals surface area contributed by atoms with Gasteiger partial charge in [-0.3, -0.25) is 4.79 Å². The molecule has 1 aliphatic heterocycles. The van der Waals surface area contributed by atoms with Crippen molar-refractivity contribution in [2.45, 2.75) is 49.4 Å². The van der Waals surface area contributed by atoms with E-state index in [-0.39, 0.29) is 14.9 Å². The van der Waals surface area contributed by atoms with Crippen molar-refractivity contribution >= 4 is 37.6 Å². The Balaban J connectivity index is 2.07. The van der Waals surface area contributed by atoms with E-state index in [4.69, 9.17) is 4.43 Å². The van der Waals surface area contributed by atoms with Gasteiger partial charge in [-0.05, 0) is 18.1 Å². The van der Waals surface area contributed by atoms with Gasteiger partial charge in [0.2, 0.25) is 0 Å². The number of ketones is 1. The number of carbonyl (C=O) groups is 1. The highest BCUT2D eigenvalue weighted by Gasteiger charge is 2.43. The fourth-order valence-electron chi connectivity index (χ4n) is 2.21. The molecule has 2 nitrogen and oxygen atoms in total. The molecule has 5 heteroatoms. The van der Waals surface area contributed by atoms with E-state index in [1.165, 1.54) is 0 Å². The molecule has 1 aliphatic rings. The third-order valence-electron chi connectivity index (χ3n) is 4.80. The number of carbonyl (C=O) groups excluding carboxylic acids is 1. The summed E-state index contributed by atoms with van der Waals surface area (Å²) in [6.07, 6.45) is 0.557. The number of hydrogen-bond acceptors (Lipinski definition) is 4. The van der Waals surface area contributed by atoms with Crippen molar-refractivity contribution in [3.05, 3.63) is 35.9 Å². The van der Waals surface area contributed by atoms with Crippen LogP contribution in [0.5, 0.6) is 0 Å². The molecule has 1 aromatic carbocycles. The van der Waals surface area contributed by atoms with E-state index in [0.717, 1.165) is 17.1 Å². The Morgan fingerprint density at radius 2 is 1.74 bits per heavy atom. The average Bonchev–Trinajstić information content (AvgIpc) is 2.94. The van der Waals surface area contributed by atoms with E-state index in [9.17, 15) is 4.79 Å². The lowest BCUT2D eigenvalue weighted by Crippen LogP contribution is -2.44. The van der Waals surface area contributed by atoms with Crippen LogP contribution >= 0.6 is 23.5 Å². The van der Waals surface area contributed by atoms with Crippen molar-refractivity contribution in [1.82, 2.24) is 0 Å². The van der Waals surface area contributed by atoms with Crippen LogP contribution in [0.1, 0.15) is 37.6 Å². The van der Waals surface area contributed by atoms with E-state index in [1.807, 2.05) is 53.9 Å². The largest absolute Gasteiger partial charge is 0.415 e. The molecule has 0 aliphatic carbocycles. The van der Waals surface area contributed by atoms with Crippen molar-refractivity contribution in [2.75, 3.05) is 18.1 Å². The Kier molecular flexibility index (Phi) is 6.09. The van der Waals surface area contributed by atoms with Gasteiger partial charge in [0.05, 0.1) is 10.7 Å². The summed E-state index contributed by atoms with van der Waals surface area (Å²) < 4.78 is 6.35. The summed E-state index contributed by atoms with van der Waals surface area (Å²) >= 11 is 3.81. The van der Waals surface area contributed by atoms with E-state index < -0.39 is 8.32 Å². The predicted molar refractivity (Wildman–Crippen MR) is 106 cm³/mol. The van der Waals surface area contributed by atoms with Crippen LogP contribution in [0, 0.1) is 0 Å². The molecule has 0 amide bonds. The van der Waals surface area contributed by atoms with Gasteiger partial charge >= 0.3 is 0 Å². The zero-order valence-electron chi connectivity index (χ0n) is 14.8. The van der Waals surface area contributed by atoms with E-state index >= 15 is 0 Å². The highest BCUT2D eigenvalue weighted by Crippen LogP contribution is 2.48. The number of benzene rings is 1. The summed E-state index contributed by atoms with van der Waals surface area (Å²) in [6, 6.07) is 9.64. The molecule has 1 heterocycles. The Morgan fingerprint density at radius 3 is 2.26 bits per heavy atom. The van der Waals surface area contributed by atoms with E-state index in [1.54, 1.807) is 0 Å². The fraction of sp³-hybridized carbons (Fsp3) is 0.611. The molecule has 1 fully saturated rings. The summed E-state index contributed by atoms with van der Waals surface area (Å²) in [5, 5.41) is 0.200. The maximum atomic E-state index is 12.7. The number of Topliss-reactive ketones (excluding diaryl/α,β-unsaturated/α-hetero) is 1. The maximum Gasteiger partial charge on any atom is 0.192 e. The molecular formula is C18H28O2S2Si. The number of rotatable bonds is 6. The second-order valence-electron chi connectivity index (χ2n) is 7.62. The van der Waals surface area contributed by atoms with Crippen molar-refractivity contribution in [3.8, 4) is 0 Å². The molecule has 0 N–H and O–H groups in total. The molecular weight excluding hydrogens is 340 g/mol. The molecule has 1 saturated heterocycles. The van der Waals surface area contributed by atoms with Crippen LogP contribution in [-0.4, -0.2) is 36.3 Å². The summed E-state index contributed by atoms with van der Waals surface area (Å²) in [5.74, 6) is 2.44. The Morgan fingerprint density at radius 1 is 1.17 bits per heavy atom. The predicted octanol–water partition coefficient (Wildman–Crippen LogP) is 5.46. The standard InChI is InChI=1S/C18H28O2S2Si/c1-17(2,3)23(4,5)20-14-18(21-11-12-22-18)13-16(19)15-9-7-6-8-10-15/h6-10H,11-14H2,1-5H3. The number of hydrogen-bond donors (Lipinski definition) is 0. The number of thioether (sulfide) groups is 2. The molecule has 0 unspecified atom stereocenters.